The van der Waals surface area contributed by atoms with Crippen molar-refractivity contribution in [1.29, 1.82) is 0 Å². The van der Waals surface area contributed by atoms with Gasteiger partial charge in [-0.2, -0.15) is 4.98 Å². The Labute approximate surface area is 162 Å². The van der Waals surface area contributed by atoms with Crippen LogP contribution < -0.4 is 10.1 Å². The molecule has 1 atom stereocenters. The molecule has 3 heterocycles. The number of carbonyl (C=O) groups excluding carboxylic acids is 2. The highest BCUT2D eigenvalue weighted by Gasteiger charge is 2.52. The maximum absolute atomic E-state index is 12.7. The maximum Gasteiger partial charge on any atom is 0.325 e. The van der Waals surface area contributed by atoms with Crippen LogP contribution in [0.25, 0.3) is 0 Å². The van der Waals surface area contributed by atoms with Crippen LogP contribution in [0.1, 0.15) is 54.6 Å². The van der Waals surface area contributed by atoms with E-state index in [0.29, 0.717) is 24.6 Å². The van der Waals surface area contributed by atoms with Gasteiger partial charge in [-0.3, -0.25) is 9.69 Å². The second-order valence-corrected chi connectivity index (χ2v) is 7.85. The highest BCUT2D eigenvalue weighted by atomic mass is 16.5. The zero-order chi connectivity index (χ0) is 19.3. The molecule has 8 nitrogen and oxygen atoms in total. The zero-order valence-electron chi connectivity index (χ0n) is 15.7. The number of rotatable bonds is 4. The standard InChI is InChI=1S/C20H22N4O4/c1-12-5-4-6-13-11-14(27-16(12)13)17-21-15(23-28-17)7-10-24-18(25)20(22-19(24)26)8-2-3-9-20/h4-6,14H,2-3,7-11H2,1H3,(H,22,26). The summed E-state index contributed by atoms with van der Waals surface area (Å²) in [5.41, 5.74) is 1.53. The van der Waals surface area contributed by atoms with Crippen molar-refractivity contribution >= 4 is 11.9 Å². The Bertz CT molecular complexity index is 947. The van der Waals surface area contributed by atoms with E-state index < -0.39 is 5.54 Å². The van der Waals surface area contributed by atoms with E-state index in [-0.39, 0.29) is 24.6 Å². The number of amides is 3. The molecule has 1 aromatic carbocycles. The van der Waals surface area contributed by atoms with Crippen LogP contribution in [0.15, 0.2) is 22.7 Å². The number of aryl methyl sites for hydroxylation is 1. The smallest absolute Gasteiger partial charge is 0.325 e. The summed E-state index contributed by atoms with van der Waals surface area (Å²) >= 11 is 0. The van der Waals surface area contributed by atoms with E-state index in [1.165, 1.54) is 4.90 Å². The van der Waals surface area contributed by atoms with Crippen molar-refractivity contribution in [2.24, 2.45) is 0 Å². The quantitative estimate of drug-likeness (QED) is 0.816. The van der Waals surface area contributed by atoms with Gasteiger partial charge >= 0.3 is 6.03 Å². The lowest BCUT2D eigenvalue weighted by Crippen LogP contribution is -2.44. The van der Waals surface area contributed by atoms with Crippen molar-refractivity contribution < 1.29 is 18.8 Å². The van der Waals surface area contributed by atoms with Crippen molar-refractivity contribution in [3.8, 4) is 5.75 Å². The normalized spacial score (nSPS) is 22.6. The molecule has 1 saturated heterocycles. The first kappa shape index (κ1) is 17.2. The molecule has 2 fully saturated rings. The van der Waals surface area contributed by atoms with Gasteiger partial charge in [-0.1, -0.05) is 36.2 Å². The van der Waals surface area contributed by atoms with E-state index >= 15 is 0 Å². The van der Waals surface area contributed by atoms with Gasteiger partial charge in [0.2, 0.25) is 0 Å². The van der Waals surface area contributed by atoms with Crippen LogP contribution in [0.5, 0.6) is 5.75 Å². The minimum absolute atomic E-state index is 0.122. The van der Waals surface area contributed by atoms with Crippen LogP contribution in [-0.4, -0.2) is 39.1 Å². The zero-order valence-corrected chi connectivity index (χ0v) is 15.7. The number of urea groups is 1. The summed E-state index contributed by atoms with van der Waals surface area (Å²) in [7, 11) is 0. The van der Waals surface area contributed by atoms with Gasteiger partial charge in [0.05, 0.1) is 0 Å². The summed E-state index contributed by atoms with van der Waals surface area (Å²) < 4.78 is 11.4. The minimum Gasteiger partial charge on any atom is -0.480 e. The molecule has 1 N–H and O–H groups in total. The van der Waals surface area contributed by atoms with Crippen LogP contribution in [0, 0.1) is 6.92 Å². The number of hydrogen-bond acceptors (Lipinski definition) is 6. The van der Waals surface area contributed by atoms with Crippen LogP contribution in [0.3, 0.4) is 0 Å². The highest BCUT2D eigenvalue weighted by molar-refractivity contribution is 6.07. The third-order valence-corrected chi connectivity index (χ3v) is 5.98. The number of fused-ring (bicyclic) bond motifs is 1. The van der Waals surface area contributed by atoms with Crippen molar-refractivity contribution in [2.45, 2.75) is 57.1 Å². The van der Waals surface area contributed by atoms with Gasteiger partial charge in [-0.25, -0.2) is 4.79 Å². The molecule has 3 amide bonds. The molecule has 1 aliphatic carbocycles. The van der Waals surface area contributed by atoms with Gasteiger partial charge in [-0.05, 0) is 30.9 Å². The topological polar surface area (TPSA) is 97.6 Å². The monoisotopic (exact) mass is 382 g/mol. The van der Waals surface area contributed by atoms with Crippen molar-refractivity contribution in [1.82, 2.24) is 20.4 Å². The Kier molecular flexibility index (Phi) is 3.89. The van der Waals surface area contributed by atoms with E-state index in [1.54, 1.807) is 0 Å². The second-order valence-electron chi connectivity index (χ2n) is 7.85. The van der Waals surface area contributed by atoms with E-state index in [9.17, 15) is 9.59 Å². The van der Waals surface area contributed by atoms with E-state index in [1.807, 2.05) is 25.1 Å². The van der Waals surface area contributed by atoms with Crippen LogP contribution in [-0.2, 0) is 17.6 Å². The lowest BCUT2D eigenvalue weighted by Gasteiger charge is -2.19. The number of hydrogen-bond donors (Lipinski definition) is 1. The second kappa shape index (κ2) is 6.32. The Morgan fingerprint density at radius 2 is 2.11 bits per heavy atom. The molecule has 28 heavy (non-hydrogen) atoms. The molecule has 5 rings (SSSR count). The highest BCUT2D eigenvalue weighted by Crippen LogP contribution is 2.38. The molecule has 146 valence electrons. The molecule has 1 spiro atoms. The number of para-hydroxylation sites is 1. The first-order valence-electron chi connectivity index (χ1n) is 9.77. The summed E-state index contributed by atoms with van der Waals surface area (Å²) in [4.78, 5) is 30.7. The average molecular weight is 382 g/mol. The number of nitrogens with one attached hydrogen (secondary N) is 1. The number of imide groups is 1. The summed E-state index contributed by atoms with van der Waals surface area (Å²) in [6.45, 7) is 2.26. The molecular weight excluding hydrogens is 360 g/mol. The molecule has 1 saturated carbocycles. The predicted octanol–water partition coefficient (Wildman–Crippen LogP) is 2.46. The van der Waals surface area contributed by atoms with Gasteiger partial charge < -0.3 is 14.6 Å². The van der Waals surface area contributed by atoms with Gasteiger partial charge in [0.25, 0.3) is 11.8 Å². The van der Waals surface area contributed by atoms with Crippen LogP contribution in [0.2, 0.25) is 0 Å². The Hall–Kier alpha value is -2.90. The number of nitrogens with zero attached hydrogens (tertiary/aromatic N) is 3. The fraction of sp³-hybridized carbons (Fsp3) is 0.500. The number of benzene rings is 1. The Morgan fingerprint density at radius 1 is 1.29 bits per heavy atom. The summed E-state index contributed by atoms with van der Waals surface area (Å²) in [5, 5.41) is 6.89. The number of ether oxygens (including phenoxy) is 1. The lowest BCUT2D eigenvalue weighted by atomic mass is 9.98. The van der Waals surface area contributed by atoms with Crippen molar-refractivity contribution in [3.63, 3.8) is 0 Å². The van der Waals surface area contributed by atoms with E-state index in [2.05, 4.69) is 15.5 Å². The van der Waals surface area contributed by atoms with Gasteiger partial charge in [-0.15, -0.1) is 0 Å². The van der Waals surface area contributed by atoms with Crippen molar-refractivity contribution in [2.75, 3.05) is 6.54 Å². The molecule has 2 aliphatic heterocycles. The van der Waals surface area contributed by atoms with Crippen LogP contribution >= 0.6 is 0 Å². The summed E-state index contributed by atoms with van der Waals surface area (Å²) in [5.74, 6) is 1.66. The van der Waals surface area contributed by atoms with Gasteiger partial charge in [0.1, 0.15) is 11.3 Å². The van der Waals surface area contributed by atoms with Gasteiger partial charge in [0.15, 0.2) is 11.9 Å². The van der Waals surface area contributed by atoms with Crippen LogP contribution in [0.4, 0.5) is 4.79 Å². The van der Waals surface area contributed by atoms with E-state index in [4.69, 9.17) is 9.26 Å². The first-order chi connectivity index (χ1) is 13.6. The van der Waals surface area contributed by atoms with Crippen molar-refractivity contribution in [3.05, 3.63) is 41.0 Å². The Balaban J connectivity index is 1.24. The van der Waals surface area contributed by atoms with E-state index in [0.717, 1.165) is 42.6 Å². The largest absolute Gasteiger partial charge is 0.480 e. The minimum atomic E-state index is -0.680. The molecule has 8 heteroatoms. The SMILES string of the molecule is Cc1cccc2c1OC(c1nc(CCN3C(=O)NC4(CCCC4)C3=O)no1)C2. The predicted molar refractivity (Wildman–Crippen MR) is 97.7 cm³/mol. The lowest BCUT2D eigenvalue weighted by molar-refractivity contribution is -0.131. The molecule has 1 aromatic heterocycles. The first-order valence-corrected chi connectivity index (χ1v) is 9.77. The molecule has 3 aliphatic rings. The molecule has 1 unspecified atom stereocenters. The third-order valence-electron chi connectivity index (χ3n) is 5.98. The Morgan fingerprint density at radius 3 is 2.89 bits per heavy atom. The fourth-order valence-corrected chi connectivity index (χ4v) is 4.47. The number of aromatic nitrogens is 2. The van der Waals surface area contributed by atoms with Gasteiger partial charge in [0, 0.05) is 19.4 Å². The average Bonchev–Trinajstić information content (AvgIpc) is 3.43. The maximum atomic E-state index is 12.7. The molecule has 0 bridgehead atoms. The summed E-state index contributed by atoms with van der Waals surface area (Å²) in [6, 6.07) is 5.74. The third kappa shape index (κ3) is 2.66. The molecular formula is C20H22N4O4. The summed E-state index contributed by atoms with van der Waals surface area (Å²) in [6.07, 6.45) is 4.13. The number of carbonyl (C=O) groups is 2. The molecule has 0 radical (unpaired) electrons. The molecule has 2 aromatic rings. The fourth-order valence-electron chi connectivity index (χ4n) is 4.47.